The van der Waals surface area contributed by atoms with Crippen LogP contribution in [-0.4, -0.2) is 33.0 Å². The first kappa shape index (κ1) is 23.0. The predicted octanol–water partition coefficient (Wildman–Crippen LogP) is 5.64. The lowest BCUT2D eigenvalue weighted by atomic mass is 9.60. The van der Waals surface area contributed by atoms with Crippen molar-refractivity contribution < 1.29 is 8.42 Å². The fourth-order valence-electron chi connectivity index (χ4n) is 4.00. The number of benzene rings is 1. The quantitative estimate of drug-likeness (QED) is 0.434. The summed E-state index contributed by atoms with van der Waals surface area (Å²) in [4.78, 5) is 0. The number of halogens is 2. The molecule has 1 fully saturated rings. The molecule has 1 aromatic carbocycles. The third-order valence-electron chi connectivity index (χ3n) is 5.89. The van der Waals surface area contributed by atoms with Gasteiger partial charge in [0.05, 0.1) is 15.8 Å². The van der Waals surface area contributed by atoms with Crippen LogP contribution in [0.15, 0.2) is 18.2 Å². The molecule has 1 aliphatic carbocycles. The van der Waals surface area contributed by atoms with E-state index in [1.54, 1.807) is 6.92 Å². The molecule has 2 rings (SSSR count). The molecule has 154 valence electrons. The van der Waals surface area contributed by atoms with Gasteiger partial charge in [-0.15, -0.1) is 0 Å². The SMILES string of the molecule is CCS(=O)(=O)CCCCNCCC(C)CC1(c2ccc(Cl)c(Cl)c2)CCC1. The minimum absolute atomic E-state index is 0.249. The zero-order chi connectivity index (χ0) is 19.9. The summed E-state index contributed by atoms with van der Waals surface area (Å²) in [6.45, 7) is 5.91. The van der Waals surface area contributed by atoms with Crippen molar-refractivity contribution in [3.05, 3.63) is 33.8 Å². The second kappa shape index (κ2) is 10.5. The fraction of sp³-hybridized carbons (Fsp3) is 0.714. The molecule has 0 amide bonds. The van der Waals surface area contributed by atoms with Crippen LogP contribution in [0.4, 0.5) is 0 Å². The lowest BCUT2D eigenvalue weighted by molar-refractivity contribution is 0.190. The van der Waals surface area contributed by atoms with E-state index in [9.17, 15) is 8.42 Å². The average Bonchev–Trinajstić information content (AvgIpc) is 2.59. The number of unbranched alkanes of at least 4 members (excludes halogenated alkanes) is 1. The molecule has 1 saturated carbocycles. The van der Waals surface area contributed by atoms with Gasteiger partial charge in [-0.1, -0.05) is 49.5 Å². The van der Waals surface area contributed by atoms with Crippen LogP contribution in [0.25, 0.3) is 0 Å². The van der Waals surface area contributed by atoms with Crippen molar-refractivity contribution in [3.63, 3.8) is 0 Å². The zero-order valence-corrected chi connectivity index (χ0v) is 18.9. The number of hydrogen-bond acceptors (Lipinski definition) is 3. The van der Waals surface area contributed by atoms with Crippen LogP contribution in [-0.2, 0) is 15.3 Å². The highest BCUT2D eigenvalue weighted by Crippen LogP contribution is 2.49. The van der Waals surface area contributed by atoms with Gasteiger partial charge in [-0.2, -0.15) is 0 Å². The lowest BCUT2D eigenvalue weighted by Gasteiger charge is -2.44. The van der Waals surface area contributed by atoms with Gasteiger partial charge in [0.2, 0.25) is 0 Å². The van der Waals surface area contributed by atoms with Crippen LogP contribution in [0.5, 0.6) is 0 Å². The van der Waals surface area contributed by atoms with E-state index in [4.69, 9.17) is 23.2 Å². The molecule has 1 aliphatic rings. The van der Waals surface area contributed by atoms with Gasteiger partial charge in [-0.25, -0.2) is 8.42 Å². The van der Waals surface area contributed by atoms with E-state index in [1.165, 1.54) is 31.2 Å². The van der Waals surface area contributed by atoms with Gasteiger partial charge >= 0.3 is 0 Å². The molecular weight excluding hydrogens is 401 g/mol. The normalized spacial score (nSPS) is 17.5. The Hall–Kier alpha value is -0.290. The topological polar surface area (TPSA) is 46.2 Å². The van der Waals surface area contributed by atoms with E-state index >= 15 is 0 Å². The molecule has 0 bridgehead atoms. The third-order valence-corrected chi connectivity index (χ3v) is 8.42. The van der Waals surface area contributed by atoms with Gasteiger partial charge < -0.3 is 5.32 Å². The average molecular weight is 434 g/mol. The third kappa shape index (κ3) is 6.92. The molecule has 1 N–H and O–H groups in total. The van der Waals surface area contributed by atoms with Crippen LogP contribution in [0.3, 0.4) is 0 Å². The first-order chi connectivity index (χ1) is 12.8. The molecule has 3 nitrogen and oxygen atoms in total. The van der Waals surface area contributed by atoms with Crippen molar-refractivity contribution in [2.75, 3.05) is 24.6 Å². The zero-order valence-electron chi connectivity index (χ0n) is 16.6. The molecular formula is C21H33Cl2NO2S. The van der Waals surface area contributed by atoms with Crippen LogP contribution < -0.4 is 5.32 Å². The van der Waals surface area contributed by atoms with Gasteiger partial charge in [-0.3, -0.25) is 0 Å². The monoisotopic (exact) mass is 433 g/mol. The van der Waals surface area contributed by atoms with Gasteiger partial charge in [0.15, 0.2) is 0 Å². The van der Waals surface area contributed by atoms with Crippen molar-refractivity contribution in [2.45, 2.75) is 64.2 Å². The Morgan fingerprint density at radius 3 is 2.48 bits per heavy atom. The van der Waals surface area contributed by atoms with Crippen molar-refractivity contribution >= 4 is 33.0 Å². The van der Waals surface area contributed by atoms with Crippen LogP contribution in [0.2, 0.25) is 10.0 Å². The molecule has 1 aromatic rings. The maximum Gasteiger partial charge on any atom is 0.150 e. The molecule has 27 heavy (non-hydrogen) atoms. The standard InChI is InChI=1S/C21H33Cl2NO2S/c1-3-27(25,26)14-5-4-12-24-13-9-17(2)16-21(10-6-11-21)18-7-8-19(22)20(23)15-18/h7-8,15,17,24H,3-6,9-14,16H2,1-2H3. The molecule has 0 heterocycles. The maximum atomic E-state index is 11.5. The summed E-state index contributed by atoms with van der Waals surface area (Å²) >= 11 is 12.3. The highest BCUT2D eigenvalue weighted by atomic mass is 35.5. The van der Waals surface area contributed by atoms with Crippen LogP contribution in [0, 0.1) is 5.92 Å². The second-order valence-corrected chi connectivity index (χ2v) is 11.3. The molecule has 0 spiro atoms. The second-order valence-electron chi connectivity index (χ2n) is 8.05. The first-order valence-electron chi connectivity index (χ1n) is 10.1. The Bertz CT molecular complexity index is 702. The van der Waals surface area contributed by atoms with E-state index in [0.29, 0.717) is 21.7 Å². The smallest absolute Gasteiger partial charge is 0.150 e. The van der Waals surface area contributed by atoms with Crippen molar-refractivity contribution in [1.82, 2.24) is 5.32 Å². The van der Waals surface area contributed by atoms with Crippen LogP contribution in [0.1, 0.15) is 64.4 Å². The summed E-state index contributed by atoms with van der Waals surface area (Å²) in [6.07, 6.45) is 7.73. The minimum Gasteiger partial charge on any atom is -0.317 e. The number of nitrogens with one attached hydrogen (secondary N) is 1. The Labute approximate surface area is 175 Å². The number of hydrogen-bond donors (Lipinski definition) is 1. The van der Waals surface area contributed by atoms with Gasteiger partial charge in [-0.05, 0) is 80.6 Å². The van der Waals surface area contributed by atoms with E-state index in [2.05, 4.69) is 24.4 Å². The summed E-state index contributed by atoms with van der Waals surface area (Å²) in [5.74, 6) is 1.19. The molecule has 0 radical (unpaired) electrons. The minimum atomic E-state index is -2.82. The van der Waals surface area contributed by atoms with Gasteiger partial charge in [0.25, 0.3) is 0 Å². The van der Waals surface area contributed by atoms with Crippen molar-refractivity contribution in [2.24, 2.45) is 5.92 Å². The Balaban J connectivity index is 1.70. The van der Waals surface area contributed by atoms with Crippen molar-refractivity contribution in [3.8, 4) is 0 Å². The first-order valence-corrected chi connectivity index (χ1v) is 12.7. The summed E-state index contributed by atoms with van der Waals surface area (Å²) in [6, 6.07) is 6.12. The molecule has 6 heteroatoms. The summed E-state index contributed by atoms with van der Waals surface area (Å²) in [7, 11) is -2.82. The molecule has 1 atom stereocenters. The van der Waals surface area contributed by atoms with E-state index in [1.807, 2.05) is 6.07 Å². The highest BCUT2D eigenvalue weighted by molar-refractivity contribution is 7.91. The lowest BCUT2D eigenvalue weighted by Crippen LogP contribution is -2.36. The molecule has 0 aromatic heterocycles. The van der Waals surface area contributed by atoms with Gasteiger partial charge in [0.1, 0.15) is 9.84 Å². The van der Waals surface area contributed by atoms with E-state index in [0.717, 1.165) is 32.4 Å². The summed E-state index contributed by atoms with van der Waals surface area (Å²) in [5, 5.41) is 4.74. The van der Waals surface area contributed by atoms with E-state index < -0.39 is 9.84 Å². The number of rotatable bonds is 12. The van der Waals surface area contributed by atoms with Gasteiger partial charge in [0, 0.05) is 5.75 Å². The molecule has 1 unspecified atom stereocenters. The molecule has 0 saturated heterocycles. The summed E-state index contributed by atoms with van der Waals surface area (Å²) in [5.41, 5.74) is 1.60. The Morgan fingerprint density at radius 2 is 1.89 bits per heavy atom. The Kier molecular flexibility index (Phi) is 8.92. The molecule has 0 aliphatic heterocycles. The van der Waals surface area contributed by atoms with Crippen molar-refractivity contribution in [1.29, 1.82) is 0 Å². The largest absolute Gasteiger partial charge is 0.317 e. The highest BCUT2D eigenvalue weighted by Gasteiger charge is 2.39. The predicted molar refractivity (Wildman–Crippen MR) is 117 cm³/mol. The van der Waals surface area contributed by atoms with E-state index in [-0.39, 0.29) is 11.2 Å². The summed E-state index contributed by atoms with van der Waals surface area (Å²) < 4.78 is 22.9. The van der Waals surface area contributed by atoms with Crippen LogP contribution >= 0.6 is 23.2 Å². The maximum absolute atomic E-state index is 11.5. The number of sulfone groups is 1. The fourth-order valence-corrected chi connectivity index (χ4v) is 5.23. The Morgan fingerprint density at radius 1 is 1.15 bits per heavy atom.